The number of para-hydroxylation sites is 1. The summed E-state index contributed by atoms with van der Waals surface area (Å²) in [4.78, 5) is 0. The lowest BCUT2D eigenvalue weighted by atomic mass is 9.96. The number of hydrogen-bond acceptors (Lipinski definition) is 1. The molecule has 0 radical (unpaired) electrons. The fourth-order valence-electron chi connectivity index (χ4n) is 2.16. The molecule has 0 N–H and O–H groups in total. The molecule has 20 heavy (non-hydrogen) atoms. The number of halogens is 2. The van der Waals surface area contributed by atoms with Crippen molar-refractivity contribution in [2.45, 2.75) is 18.8 Å². The quantitative estimate of drug-likeness (QED) is 0.460. The van der Waals surface area contributed by atoms with Crippen LogP contribution in [0.15, 0.2) is 54.6 Å². The molecule has 1 unspecified atom stereocenters. The van der Waals surface area contributed by atoms with Crippen molar-refractivity contribution >= 4 is 27.5 Å². The molecule has 1 nitrogen and oxygen atoms in total. The molecule has 0 saturated heterocycles. The standard InChI is InChI=1S/C17H18BrClO/c18-13-14(16-10-4-5-11-17(16)19)7-6-12-20-15-8-2-1-3-9-15/h1-5,8-11,14H,6-7,12-13H2. The SMILES string of the molecule is Clc1ccccc1C(CBr)CCCOc1ccccc1. The summed E-state index contributed by atoms with van der Waals surface area (Å²) in [5.41, 5.74) is 1.21. The minimum Gasteiger partial charge on any atom is -0.494 e. The molecular weight excluding hydrogens is 336 g/mol. The average molecular weight is 354 g/mol. The van der Waals surface area contributed by atoms with E-state index in [9.17, 15) is 0 Å². The molecule has 0 spiro atoms. The Labute approximate surface area is 134 Å². The Morgan fingerprint density at radius 2 is 1.70 bits per heavy atom. The van der Waals surface area contributed by atoms with Crippen molar-refractivity contribution in [3.05, 3.63) is 65.2 Å². The summed E-state index contributed by atoms with van der Waals surface area (Å²) in [7, 11) is 0. The predicted molar refractivity (Wildman–Crippen MR) is 89.2 cm³/mol. The molecule has 3 heteroatoms. The lowest BCUT2D eigenvalue weighted by Crippen LogP contribution is -2.05. The van der Waals surface area contributed by atoms with Crippen LogP contribution in [0.4, 0.5) is 0 Å². The van der Waals surface area contributed by atoms with Gasteiger partial charge in [-0.05, 0) is 42.5 Å². The smallest absolute Gasteiger partial charge is 0.119 e. The molecule has 0 aromatic heterocycles. The van der Waals surface area contributed by atoms with Crippen LogP contribution in [-0.2, 0) is 0 Å². The Bertz CT molecular complexity index is 515. The Morgan fingerprint density at radius 1 is 1.00 bits per heavy atom. The fourth-order valence-corrected chi connectivity index (χ4v) is 3.12. The summed E-state index contributed by atoms with van der Waals surface area (Å²) in [6, 6.07) is 18.0. The van der Waals surface area contributed by atoms with Crippen molar-refractivity contribution in [2.75, 3.05) is 11.9 Å². The van der Waals surface area contributed by atoms with Crippen LogP contribution in [0.25, 0.3) is 0 Å². The van der Waals surface area contributed by atoms with Crippen LogP contribution in [0.1, 0.15) is 24.3 Å². The maximum atomic E-state index is 6.25. The zero-order chi connectivity index (χ0) is 14.2. The van der Waals surface area contributed by atoms with Crippen molar-refractivity contribution in [3.63, 3.8) is 0 Å². The molecule has 2 aromatic carbocycles. The Balaban J connectivity index is 1.81. The second kappa shape index (κ2) is 8.33. The van der Waals surface area contributed by atoms with E-state index < -0.39 is 0 Å². The Hall–Kier alpha value is -0.990. The second-order valence-corrected chi connectivity index (χ2v) is 5.73. The zero-order valence-corrected chi connectivity index (χ0v) is 13.6. The van der Waals surface area contributed by atoms with Crippen LogP contribution in [0, 0.1) is 0 Å². The Morgan fingerprint density at radius 3 is 2.40 bits per heavy atom. The van der Waals surface area contributed by atoms with Crippen molar-refractivity contribution in [2.24, 2.45) is 0 Å². The molecule has 1 atom stereocenters. The fraction of sp³-hybridized carbons (Fsp3) is 0.294. The van der Waals surface area contributed by atoms with E-state index in [1.54, 1.807) is 0 Å². The molecule has 0 aliphatic carbocycles. The molecule has 0 fully saturated rings. The monoisotopic (exact) mass is 352 g/mol. The first kappa shape index (κ1) is 15.4. The number of benzene rings is 2. The van der Waals surface area contributed by atoms with E-state index in [1.165, 1.54) is 5.56 Å². The Kier molecular flexibility index (Phi) is 6.41. The number of alkyl halides is 1. The summed E-state index contributed by atoms with van der Waals surface area (Å²) < 4.78 is 5.72. The molecule has 0 bridgehead atoms. The summed E-state index contributed by atoms with van der Waals surface area (Å²) in [6.45, 7) is 0.734. The van der Waals surface area contributed by atoms with Gasteiger partial charge >= 0.3 is 0 Å². The lowest BCUT2D eigenvalue weighted by molar-refractivity contribution is 0.303. The molecule has 106 valence electrons. The van der Waals surface area contributed by atoms with Gasteiger partial charge in [-0.25, -0.2) is 0 Å². The highest BCUT2D eigenvalue weighted by Gasteiger charge is 2.12. The average Bonchev–Trinajstić information content (AvgIpc) is 2.50. The van der Waals surface area contributed by atoms with Gasteiger partial charge in [0, 0.05) is 10.4 Å². The zero-order valence-electron chi connectivity index (χ0n) is 11.3. The van der Waals surface area contributed by atoms with E-state index in [4.69, 9.17) is 16.3 Å². The lowest BCUT2D eigenvalue weighted by Gasteiger charge is -2.16. The van der Waals surface area contributed by atoms with Gasteiger partial charge < -0.3 is 4.74 Å². The first-order chi connectivity index (χ1) is 9.81. The van der Waals surface area contributed by atoms with Gasteiger partial charge in [-0.15, -0.1) is 0 Å². The molecular formula is C17H18BrClO. The van der Waals surface area contributed by atoms with Gasteiger partial charge in [0.15, 0.2) is 0 Å². The largest absolute Gasteiger partial charge is 0.494 e. The van der Waals surface area contributed by atoms with E-state index in [1.807, 2.05) is 48.5 Å². The van der Waals surface area contributed by atoms with Crippen LogP contribution >= 0.6 is 27.5 Å². The molecule has 0 aliphatic heterocycles. The van der Waals surface area contributed by atoms with E-state index in [0.29, 0.717) is 5.92 Å². The van der Waals surface area contributed by atoms with Crippen molar-refractivity contribution in [3.8, 4) is 5.75 Å². The van der Waals surface area contributed by atoms with E-state index in [2.05, 4.69) is 22.0 Å². The third kappa shape index (κ3) is 4.53. The molecule has 2 aromatic rings. The van der Waals surface area contributed by atoms with Gasteiger partial charge in [-0.2, -0.15) is 0 Å². The van der Waals surface area contributed by atoms with Crippen LogP contribution in [-0.4, -0.2) is 11.9 Å². The third-order valence-corrected chi connectivity index (χ3v) is 4.37. The summed E-state index contributed by atoms with van der Waals surface area (Å²) in [5, 5.41) is 1.77. The molecule has 2 rings (SSSR count). The number of rotatable bonds is 7. The van der Waals surface area contributed by atoms with Crippen LogP contribution < -0.4 is 4.74 Å². The maximum Gasteiger partial charge on any atom is 0.119 e. The summed E-state index contributed by atoms with van der Waals surface area (Å²) in [5.74, 6) is 1.36. The van der Waals surface area contributed by atoms with Crippen molar-refractivity contribution in [1.82, 2.24) is 0 Å². The van der Waals surface area contributed by atoms with Gasteiger partial charge in [-0.1, -0.05) is 63.9 Å². The highest BCUT2D eigenvalue weighted by atomic mass is 79.9. The summed E-state index contributed by atoms with van der Waals surface area (Å²) >= 11 is 9.84. The van der Waals surface area contributed by atoms with Gasteiger partial charge in [0.2, 0.25) is 0 Å². The number of ether oxygens (including phenoxy) is 1. The first-order valence-electron chi connectivity index (χ1n) is 6.79. The molecule has 0 amide bonds. The highest BCUT2D eigenvalue weighted by molar-refractivity contribution is 9.09. The second-order valence-electron chi connectivity index (χ2n) is 4.68. The van der Waals surface area contributed by atoms with Crippen LogP contribution in [0.2, 0.25) is 5.02 Å². The van der Waals surface area contributed by atoms with Crippen LogP contribution in [0.5, 0.6) is 5.75 Å². The van der Waals surface area contributed by atoms with Crippen LogP contribution in [0.3, 0.4) is 0 Å². The van der Waals surface area contributed by atoms with Crippen molar-refractivity contribution in [1.29, 1.82) is 0 Å². The minimum atomic E-state index is 0.433. The number of hydrogen-bond donors (Lipinski definition) is 0. The minimum absolute atomic E-state index is 0.433. The highest BCUT2D eigenvalue weighted by Crippen LogP contribution is 2.29. The van der Waals surface area contributed by atoms with Crippen molar-refractivity contribution < 1.29 is 4.74 Å². The van der Waals surface area contributed by atoms with E-state index in [0.717, 1.165) is 35.6 Å². The normalized spacial score (nSPS) is 12.1. The van der Waals surface area contributed by atoms with Gasteiger partial charge in [0.1, 0.15) is 5.75 Å². The predicted octanol–water partition coefficient (Wildman–Crippen LogP) is 5.68. The van der Waals surface area contributed by atoms with E-state index in [-0.39, 0.29) is 0 Å². The summed E-state index contributed by atoms with van der Waals surface area (Å²) in [6.07, 6.45) is 2.07. The topological polar surface area (TPSA) is 9.23 Å². The maximum absolute atomic E-state index is 6.25. The van der Waals surface area contributed by atoms with Gasteiger partial charge in [-0.3, -0.25) is 0 Å². The van der Waals surface area contributed by atoms with E-state index >= 15 is 0 Å². The third-order valence-electron chi connectivity index (χ3n) is 3.24. The van der Waals surface area contributed by atoms with Gasteiger partial charge in [0.05, 0.1) is 6.61 Å². The first-order valence-corrected chi connectivity index (χ1v) is 8.29. The molecule has 0 saturated carbocycles. The molecule has 0 aliphatic rings. The molecule has 0 heterocycles. The van der Waals surface area contributed by atoms with Gasteiger partial charge in [0.25, 0.3) is 0 Å².